The SMILES string of the molecule is CCCC1CCCN(Cc2cccc(OC)c2O)CC1. The minimum atomic E-state index is 0.296. The van der Waals surface area contributed by atoms with Crippen molar-refractivity contribution in [1.82, 2.24) is 4.90 Å². The summed E-state index contributed by atoms with van der Waals surface area (Å²) in [5.41, 5.74) is 0.971. The van der Waals surface area contributed by atoms with Gasteiger partial charge in [0, 0.05) is 12.1 Å². The zero-order chi connectivity index (χ0) is 14.4. The van der Waals surface area contributed by atoms with Gasteiger partial charge >= 0.3 is 0 Å². The van der Waals surface area contributed by atoms with E-state index in [2.05, 4.69) is 11.8 Å². The molecule has 0 spiro atoms. The number of methoxy groups -OCH3 is 1. The Labute approximate surface area is 122 Å². The third kappa shape index (κ3) is 3.89. The summed E-state index contributed by atoms with van der Waals surface area (Å²) in [5, 5.41) is 10.2. The molecular formula is C17H27NO2. The fraction of sp³-hybridized carbons (Fsp3) is 0.647. The van der Waals surface area contributed by atoms with E-state index in [1.807, 2.05) is 12.1 Å². The maximum atomic E-state index is 10.2. The fourth-order valence-electron chi connectivity index (χ4n) is 3.18. The van der Waals surface area contributed by atoms with Gasteiger partial charge in [0.2, 0.25) is 0 Å². The van der Waals surface area contributed by atoms with Gasteiger partial charge in [0.15, 0.2) is 11.5 Å². The van der Waals surface area contributed by atoms with Crippen molar-refractivity contribution in [1.29, 1.82) is 0 Å². The molecule has 1 atom stereocenters. The summed E-state index contributed by atoms with van der Waals surface area (Å²) in [7, 11) is 1.60. The maximum Gasteiger partial charge on any atom is 0.162 e. The van der Waals surface area contributed by atoms with Crippen LogP contribution >= 0.6 is 0 Å². The summed E-state index contributed by atoms with van der Waals surface area (Å²) in [5.74, 6) is 1.76. The first-order valence-corrected chi connectivity index (χ1v) is 7.81. The third-order valence-corrected chi connectivity index (χ3v) is 4.33. The molecule has 1 heterocycles. The summed E-state index contributed by atoms with van der Waals surface area (Å²) in [6.07, 6.45) is 6.57. The Balaban J connectivity index is 1.96. The van der Waals surface area contributed by atoms with Crippen molar-refractivity contribution in [2.75, 3.05) is 20.2 Å². The van der Waals surface area contributed by atoms with E-state index in [1.54, 1.807) is 13.2 Å². The van der Waals surface area contributed by atoms with E-state index >= 15 is 0 Å². The Bertz CT molecular complexity index is 419. The molecule has 0 aromatic heterocycles. The first kappa shape index (κ1) is 15.2. The van der Waals surface area contributed by atoms with E-state index in [0.29, 0.717) is 11.5 Å². The zero-order valence-electron chi connectivity index (χ0n) is 12.8. The van der Waals surface area contributed by atoms with Gasteiger partial charge in [0.05, 0.1) is 7.11 Å². The van der Waals surface area contributed by atoms with Gasteiger partial charge in [-0.05, 0) is 44.3 Å². The normalized spacial score (nSPS) is 20.6. The summed E-state index contributed by atoms with van der Waals surface area (Å²) < 4.78 is 5.18. The number of ether oxygens (including phenoxy) is 1. The molecule has 1 aromatic carbocycles. The van der Waals surface area contributed by atoms with Crippen molar-refractivity contribution in [3.8, 4) is 11.5 Å². The van der Waals surface area contributed by atoms with Crippen LogP contribution in [-0.2, 0) is 6.54 Å². The predicted molar refractivity (Wildman–Crippen MR) is 82.2 cm³/mol. The molecule has 0 amide bonds. The van der Waals surface area contributed by atoms with Crippen LogP contribution in [0.2, 0.25) is 0 Å². The molecule has 2 rings (SSSR count). The predicted octanol–water partition coefficient (Wildman–Crippen LogP) is 3.80. The first-order chi connectivity index (χ1) is 9.74. The van der Waals surface area contributed by atoms with Gasteiger partial charge in [-0.3, -0.25) is 4.90 Å². The van der Waals surface area contributed by atoms with Gasteiger partial charge in [-0.25, -0.2) is 0 Å². The number of hydrogen-bond acceptors (Lipinski definition) is 3. The number of hydrogen-bond donors (Lipinski definition) is 1. The number of aromatic hydroxyl groups is 1. The van der Waals surface area contributed by atoms with Gasteiger partial charge in [0.1, 0.15) is 0 Å². The first-order valence-electron chi connectivity index (χ1n) is 7.81. The van der Waals surface area contributed by atoms with Gasteiger partial charge in [-0.1, -0.05) is 31.9 Å². The van der Waals surface area contributed by atoms with Crippen LogP contribution in [0.4, 0.5) is 0 Å². The zero-order valence-corrected chi connectivity index (χ0v) is 12.8. The Morgan fingerprint density at radius 1 is 1.30 bits per heavy atom. The molecule has 20 heavy (non-hydrogen) atoms. The minimum Gasteiger partial charge on any atom is -0.504 e. The second-order valence-corrected chi connectivity index (χ2v) is 5.83. The fourth-order valence-corrected chi connectivity index (χ4v) is 3.18. The van der Waals surface area contributed by atoms with Crippen LogP contribution in [0.3, 0.4) is 0 Å². The topological polar surface area (TPSA) is 32.7 Å². The van der Waals surface area contributed by atoms with E-state index in [4.69, 9.17) is 4.74 Å². The standard InChI is InChI=1S/C17H27NO2/c1-3-6-14-7-5-11-18(12-10-14)13-15-8-4-9-16(20-2)17(15)19/h4,8-9,14,19H,3,5-7,10-13H2,1-2H3. The molecule has 1 saturated heterocycles. The highest BCUT2D eigenvalue weighted by molar-refractivity contribution is 5.45. The Hall–Kier alpha value is -1.22. The smallest absolute Gasteiger partial charge is 0.162 e. The highest BCUT2D eigenvalue weighted by Gasteiger charge is 2.18. The van der Waals surface area contributed by atoms with Crippen LogP contribution in [0.5, 0.6) is 11.5 Å². The molecule has 112 valence electrons. The molecule has 3 heteroatoms. The van der Waals surface area contributed by atoms with Gasteiger partial charge < -0.3 is 9.84 Å². The molecule has 1 aliphatic heterocycles. The lowest BCUT2D eigenvalue weighted by molar-refractivity contribution is 0.265. The van der Waals surface area contributed by atoms with E-state index in [1.165, 1.54) is 32.1 Å². The van der Waals surface area contributed by atoms with E-state index < -0.39 is 0 Å². The van der Waals surface area contributed by atoms with Crippen LogP contribution < -0.4 is 4.74 Å². The third-order valence-electron chi connectivity index (χ3n) is 4.33. The molecule has 1 aromatic rings. The summed E-state index contributed by atoms with van der Waals surface area (Å²) in [6, 6.07) is 5.75. The second kappa shape index (κ2) is 7.53. The lowest BCUT2D eigenvalue weighted by Gasteiger charge is -2.21. The number of para-hydroxylation sites is 1. The number of benzene rings is 1. The van der Waals surface area contributed by atoms with Gasteiger partial charge in [0.25, 0.3) is 0 Å². The molecule has 0 radical (unpaired) electrons. The number of phenolic OH excluding ortho intramolecular Hbond substituents is 1. The molecule has 0 saturated carbocycles. The Kier molecular flexibility index (Phi) is 5.72. The van der Waals surface area contributed by atoms with Crippen molar-refractivity contribution in [3.63, 3.8) is 0 Å². The number of phenols is 1. The number of likely N-dealkylation sites (tertiary alicyclic amines) is 1. The molecule has 1 aliphatic rings. The van der Waals surface area contributed by atoms with Crippen LogP contribution in [0.1, 0.15) is 44.6 Å². The molecule has 0 bridgehead atoms. The highest BCUT2D eigenvalue weighted by Crippen LogP contribution is 2.31. The van der Waals surface area contributed by atoms with Crippen molar-refractivity contribution in [3.05, 3.63) is 23.8 Å². The molecule has 1 unspecified atom stereocenters. The maximum absolute atomic E-state index is 10.2. The van der Waals surface area contributed by atoms with Gasteiger partial charge in [-0.2, -0.15) is 0 Å². The van der Waals surface area contributed by atoms with Crippen molar-refractivity contribution in [2.24, 2.45) is 5.92 Å². The van der Waals surface area contributed by atoms with Crippen LogP contribution in [0.25, 0.3) is 0 Å². The second-order valence-electron chi connectivity index (χ2n) is 5.83. The molecule has 1 fully saturated rings. The Morgan fingerprint density at radius 2 is 2.15 bits per heavy atom. The number of nitrogens with zero attached hydrogens (tertiary/aromatic N) is 1. The summed E-state index contributed by atoms with van der Waals surface area (Å²) in [4.78, 5) is 2.46. The highest BCUT2D eigenvalue weighted by atomic mass is 16.5. The van der Waals surface area contributed by atoms with E-state index in [-0.39, 0.29) is 0 Å². The molecule has 3 nitrogen and oxygen atoms in total. The van der Waals surface area contributed by atoms with Crippen LogP contribution in [0, 0.1) is 5.92 Å². The van der Waals surface area contributed by atoms with Gasteiger partial charge in [-0.15, -0.1) is 0 Å². The summed E-state index contributed by atoms with van der Waals surface area (Å²) in [6.45, 7) is 5.37. The Morgan fingerprint density at radius 3 is 2.90 bits per heavy atom. The lowest BCUT2D eigenvalue weighted by atomic mass is 9.96. The minimum absolute atomic E-state index is 0.296. The van der Waals surface area contributed by atoms with Crippen LogP contribution in [-0.4, -0.2) is 30.2 Å². The quantitative estimate of drug-likeness (QED) is 0.888. The average Bonchev–Trinajstić information content (AvgIpc) is 2.67. The van der Waals surface area contributed by atoms with Crippen LogP contribution in [0.15, 0.2) is 18.2 Å². The monoisotopic (exact) mass is 277 g/mol. The van der Waals surface area contributed by atoms with E-state index in [0.717, 1.165) is 31.1 Å². The molecule has 0 aliphatic carbocycles. The molecular weight excluding hydrogens is 250 g/mol. The van der Waals surface area contributed by atoms with Crippen molar-refractivity contribution >= 4 is 0 Å². The van der Waals surface area contributed by atoms with Crippen molar-refractivity contribution in [2.45, 2.75) is 45.6 Å². The van der Waals surface area contributed by atoms with Crippen molar-refractivity contribution < 1.29 is 9.84 Å². The summed E-state index contributed by atoms with van der Waals surface area (Å²) >= 11 is 0. The van der Waals surface area contributed by atoms with E-state index in [9.17, 15) is 5.11 Å². The lowest BCUT2D eigenvalue weighted by Crippen LogP contribution is -2.24. The average molecular weight is 277 g/mol. The number of rotatable bonds is 5. The molecule has 1 N–H and O–H groups in total. The largest absolute Gasteiger partial charge is 0.504 e.